The second kappa shape index (κ2) is 5.02. The van der Waals surface area contributed by atoms with Gasteiger partial charge in [-0.1, -0.05) is 6.92 Å². The molecular weight excluding hydrogens is 216 g/mol. The Hall–Kier alpha value is -1.13. The van der Waals surface area contributed by atoms with Crippen molar-refractivity contribution in [3.63, 3.8) is 0 Å². The van der Waals surface area contributed by atoms with E-state index in [1.54, 1.807) is 13.1 Å². The van der Waals surface area contributed by atoms with E-state index in [4.69, 9.17) is 0 Å². The van der Waals surface area contributed by atoms with Crippen molar-refractivity contribution in [3.05, 3.63) is 23.0 Å². The number of aliphatic hydroxyl groups excluding tert-OH is 1. The molecule has 1 aromatic rings. The standard InChI is InChI=1S/C13H20N2O2/c1-8-3-10(8)4-14-6-12-11(7-16)5-15-9(2)13(12)17/h5,8,10,14,16-17H,3-4,6-7H2,1-2H3. The first-order valence-corrected chi connectivity index (χ1v) is 6.11. The number of hydrogen-bond acceptors (Lipinski definition) is 4. The van der Waals surface area contributed by atoms with Crippen LogP contribution in [0, 0.1) is 18.8 Å². The van der Waals surface area contributed by atoms with Crippen LogP contribution in [0.25, 0.3) is 0 Å². The van der Waals surface area contributed by atoms with Crippen LogP contribution in [0.5, 0.6) is 5.75 Å². The summed E-state index contributed by atoms with van der Waals surface area (Å²) in [4.78, 5) is 4.04. The Kier molecular flexibility index (Phi) is 3.64. The predicted molar refractivity (Wildman–Crippen MR) is 65.5 cm³/mol. The van der Waals surface area contributed by atoms with Gasteiger partial charge in [-0.25, -0.2) is 0 Å². The highest BCUT2D eigenvalue weighted by atomic mass is 16.3. The van der Waals surface area contributed by atoms with Crippen LogP contribution in [0.1, 0.15) is 30.2 Å². The molecule has 0 saturated heterocycles. The quantitative estimate of drug-likeness (QED) is 0.721. The van der Waals surface area contributed by atoms with Crippen molar-refractivity contribution >= 4 is 0 Å². The minimum atomic E-state index is -0.0856. The van der Waals surface area contributed by atoms with E-state index < -0.39 is 0 Å². The largest absolute Gasteiger partial charge is 0.506 e. The van der Waals surface area contributed by atoms with Crippen molar-refractivity contribution in [2.45, 2.75) is 33.4 Å². The van der Waals surface area contributed by atoms with Gasteiger partial charge in [0.2, 0.25) is 0 Å². The monoisotopic (exact) mass is 236 g/mol. The molecule has 0 bridgehead atoms. The molecule has 2 unspecified atom stereocenters. The zero-order valence-electron chi connectivity index (χ0n) is 10.4. The van der Waals surface area contributed by atoms with Crippen molar-refractivity contribution in [3.8, 4) is 5.75 Å². The van der Waals surface area contributed by atoms with E-state index in [0.29, 0.717) is 17.8 Å². The SMILES string of the molecule is Cc1ncc(CO)c(CNCC2CC2C)c1O. The molecule has 1 aliphatic carbocycles. The molecule has 1 aromatic heterocycles. The van der Waals surface area contributed by atoms with Gasteiger partial charge in [0.25, 0.3) is 0 Å². The summed E-state index contributed by atoms with van der Waals surface area (Å²) in [5.74, 6) is 1.80. The first-order valence-electron chi connectivity index (χ1n) is 6.11. The Bertz CT molecular complexity index is 407. The summed E-state index contributed by atoms with van der Waals surface area (Å²) in [6.45, 7) is 5.50. The molecule has 0 aliphatic heterocycles. The Morgan fingerprint density at radius 1 is 1.53 bits per heavy atom. The number of nitrogens with zero attached hydrogens (tertiary/aromatic N) is 1. The summed E-state index contributed by atoms with van der Waals surface area (Å²) in [5.41, 5.74) is 2.08. The normalized spacial score (nSPS) is 22.8. The fraction of sp³-hybridized carbons (Fsp3) is 0.615. The van der Waals surface area contributed by atoms with E-state index in [9.17, 15) is 10.2 Å². The molecule has 4 heteroatoms. The van der Waals surface area contributed by atoms with Gasteiger partial charge in [-0.2, -0.15) is 0 Å². The van der Waals surface area contributed by atoms with E-state index in [1.165, 1.54) is 6.42 Å². The van der Waals surface area contributed by atoms with Crippen LogP contribution in [0.3, 0.4) is 0 Å². The van der Waals surface area contributed by atoms with Crippen LogP contribution in [0.4, 0.5) is 0 Å². The second-order valence-corrected chi connectivity index (χ2v) is 4.96. The predicted octanol–water partition coefficient (Wildman–Crippen LogP) is 1.33. The number of pyridine rings is 1. The van der Waals surface area contributed by atoms with Gasteiger partial charge >= 0.3 is 0 Å². The van der Waals surface area contributed by atoms with Gasteiger partial charge in [0, 0.05) is 23.9 Å². The average molecular weight is 236 g/mol. The maximum atomic E-state index is 9.93. The van der Waals surface area contributed by atoms with Crippen LogP contribution in [-0.4, -0.2) is 21.7 Å². The molecule has 3 N–H and O–H groups in total. The lowest BCUT2D eigenvalue weighted by Crippen LogP contribution is -2.18. The lowest BCUT2D eigenvalue weighted by atomic mass is 10.1. The molecule has 0 spiro atoms. The number of nitrogens with one attached hydrogen (secondary N) is 1. The third-order valence-corrected chi connectivity index (χ3v) is 3.58. The highest BCUT2D eigenvalue weighted by molar-refractivity contribution is 5.40. The summed E-state index contributed by atoms with van der Waals surface area (Å²) in [6.07, 6.45) is 2.92. The van der Waals surface area contributed by atoms with Gasteiger partial charge in [0.1, 0.15) is 5.75 Å². The van der Waals surface area contributed by atoms with Crippen LogP contribution in [0.2, 0.25) is 0 Å². The molecule has 94 valence electrons. The molecule has 0 aromatic carbocycles. The Balaban J connectivity index is 2.00. The van der Waals surface area contributed by atoms with Gasteiger partial charge in [0.15, 0.2) is 0 Å². The minimum Gasteiger partial charge on any atom is -0.506 e. The smallest absolute Gasteiger partial charge is 0.141 e. The van der Waals surface area contributed by atoms with E-state index >= 15 is 0 Å². The maximum absolute atomic E-state index is 9.93. The lowest BCUT2D eigenvalue weighted by molar-refractivity contribution is 0.278. The van der Waals surface area contributed by atoms with E-state index in [2.05, 4.69) is 17.2 Å². The van der Waals surface area contributed by atoms with Crippen LogP contribution in [0.15, 0.2) is 6.20 Å². The number of aryl methyl sites for hydroxylation is 1. The molecule has 2 rings (SSSR count). The lowest BCUT2D eigenvalue weighted by Gasteiger charge is -2.12. The topological polar surface area (TPSA) is 65.4 Å². The fourth-order valence-corrected chi connectivity index (χ4v) is 2.08. The van der Waals surface area contributed by atoms with E-state index in [1.807, 2.05) is 0 Å². The van der Waals surface area contributed by atoms with Gasteiger partial charge in [0.05, 0.1) is 12.3 Å². The molecule has 0 radical (unpaired) electrons. The molecule has 4 nitrogen and oxygen atoms in total. The minimum absolute atomic E-state index is 0.0856. The number of rotatable bonds is 5. The second-order valence-electron chi connectivity index (χ2n) is 4.96. The Morgan fingerprint density at radius 3 is 2.82 bits per heavy atom. The van der Waals surface area contributed by atoms with Crippen molar-refractivity contribution in [2.24, 2.45) is 11.8 Å². The highest BCUT2D eigenvalue weighted by Crippen LogP contribution is 2.36. The third-order valence-electron chi connectivity index (χ3n) is 3.58. The summed E-state index contributed by atoms with van der Waals surface area (Å²) in [6, 6.07) is 0. The zero-order chi connectivity index (χ0) is 12.4. The highest BCUT2D eigenvalue weighted by Gasteiger charge is 2.31. The fourth-order valence-electron chi connectivity index (χ4n) is 2.08. The summed E-state index contributed by atoms with van der Waals surface area (Å²) >= 11 is 0. The van der Waals surface area contributed by atoms with Gasteiger partial charge in [-0.15, -0.1) is 0 Å². The van der Waals surface area contributed by atoms with Crippen LogP contribution >= 0.6 is 0 Å². The molecule has 1 saturated carbocycles. The van der Waals surface area contributed by atoms with Crippen LogP contribution < -0.4 is 5.32 Å². The van der Waals surface area contributed by atoms with E-state index in [-0.39, 0.29) is 12.4 Å². The van der Waals surface area contributed by atoms with Crippen molar-refractivity contribution in [1.29, 1.82) is 0 Å². The number of hydrogen-bond donors (Lipinski definition) is 3. The number of aromatic nitrogens is 1. The summed E-state index contributed by atoms with van der Waals surface area (Å²) in [5, 5.41) is 22.5. The molecule has 1 fully saturated rings. The van der Waals surface area contributed by atoms with Crippen molar-refractivity contribution in [1.82, 2.24) is 10.3 Å². The van der Waals surface area contributed by atoms with Gasteiger partial charge in [-0.3, -0.25) is 4.98 Å². The Labute approximate surface area is 102 Å². The van der Waals surface area contributed by atoms with Crippen LogP contribution in [-0.2, 0) is 13.2 Å². The molecule has 1 heterocycles. The first-order chi connectivity index (χ1) is 8.13. The number of aromatic hydroxyl groups is 1. The van der Waals surface area contributed by atoms with Crippen molar-refractivity contribution in [2.75, 3.05) is 6.54 Å². The molecule has 2 atom stereocenters. The third kappa shape index (κ3) is 2.76. The zero-order valence-corrected chi connectivity index (χ0v) is 10.4. The molecule has 17 heavy (non-hydrogen) atoms. The first kappa shape index (κ1) is 12.3. The van der Waals surface area contributed by atoms with Gasteiger partial charge in [-0.05, 0) is 31.7 Å². The molecular formula is C13H20N2O2. The summed E-state index contributed by atoms with van der Waals surface area (Å²) < 4.78 is 0. The Morgan fingerprint density at radius 2 is 2.24 bits per heavy atom. The van der Waals surface area contributed by atoms with Crippen molar-refractivity contribution < 1.29 is 10.2 Å². The molecule has 1 aliphatic rings. The molecule has 0 amide bonds. The number of aliphatic hydroxyl groups is 1. The van der Waals surface area contributed by atoms with E-state index in [0.717, 1.165) is 23.9 Å². The van der Waals surface area contributed by atoms with Gasteiger partial charge < -0.3 is 15.5 Å². The average Bonchev–Trinajstić information content (AvgIpc) is 3.01. The maximum Gasteiger partial charge on any atom is 0.141 e. The summed E-state index contributed by atoms with van der Waals surface area (Å²) in [7, 11) is 0.